The molecule has 0 saturated carbocycles. The first kappa shape index (κ1) is 8.07. The van der Waals surface area contributed by atoms with Crippen LogP contribution in [0.25, 0.3) is 6.08 Å². The molecule has 0 N–H and O–H groups in total. The van der Waals surface area contributed by atoms with Gasteiger partial charge in [-0.15, -0.1) is 0 Å². The summed E-state index contributed by atoms with van der Waals surface area (Å²) in [7, 11) is 0. The molecule has 1 aromatic rings. The summed E-state index contributed by atoms with van der Waals surface area (Å²) < 4.78 is 1.54. The van der Waals surface area contributed by atoms with Crippen LogP contribution in [0.3, 0.4) is 0 Å². The Morgan fingerprint density at radius 2 is 2.55 bits per heavy atom. The lowest BCUT2D eigenvalue weighted by molar-refractivity contribution is -0.112. The van der Waals surface area contributed by atoms with Crippen LogP contribution in [0.1, 0.15) is 12.7 Å². The van der Waals surface area contributed by atoms with Crippen LogP contribution in [-0.2, 0) is 4.79 Å². The van der Waals surface area contributed by atoms with Crippen LogP contribution in [0.4, 0.5) is 0 Å². The van der Waals surface area contributed by atoms with E-state index in [1.165, 1.54) is 13.0 Å². The van der Waals surface area contributed by atoms with Crippen molar-refractivity contribution in [3.8, 4) is 0 Å². The Hall–Kier alpha value is -1.03. The predicted molar refractivity (Wildman–Crippen MR) is 46.3 cm³/mol. The molecule has 1 heterocycles. The van der Waals surface area contributed by atoms with Crippen molar-refractivity contribution in [1.29, 1.82) is 0 Å². The van der Waals surface area contributed by atoms with Crippen molar-refractivity contribution in [3.05, 3.63) is 24.3 Å². The van der Waals surface area contributed by atoms with Crippen LogP contribution < -0.4 is 0 Å². The molecule has 0 amide bonds. The quantitative estimate of drug-likeness (QED) is 0.531. The maximum absolute atomic E-state index is 10.5. The summed E-state index contributed by atoms with van der Waals surface area (Å²) in [6.45, 7) is 1.49. The van der Waals surface area contributed by atoms with Gasteiger partial charge in [-0.2, -0.15) is 0 Å². The van der Waals surface area contributed by atoms with E-state index >= 15 is 0 Å². The Bertz CT molecular complexity index is 290. The van der Waals surface area contributed by atoms with E-state index < -0.39 is 0 Å². The first-order valence-electron chi connectivity index (χ1n) is 3.11. The topological polar surface area (TPSA) is 34.9 Å². The Labute approximate surface area is 70.3 Å². The fraction of sp³-hybridized carbons (Fsp3) is 0.143. The molecule has 0 spiro atoms. The van der Waals surface area contributed by atoms with Gasteiger partial charge >= 0.3 is 0 Å². The second kappa shape index (κ2) is 3.39. The molecule has 0 aliphatic heterocycles. The van der Waals surface area contributed by atoms with Crippen molar-refractivity contribution in [2.24, 2.45) is 0 Å². The molecule has 0 fully saturated rings. The van der Waals surface area contributed by atoms with Gasteiger partial charge in [-0.25, -0.2) is 4.98 Å². The number of hydrogen-bond acceptors (Lipinski definition) is 3. The predicted octanol–water partition coefficient (Wildman–Crippen LogP) is 1.18. The number of imidazole rings is 1. The number of nitrogens with zero attached hydrogens (tertiary/aromatic N) is 2. The van der Waals surface area contributed by atoms with Gasteiger partial charge in [0.25, 0.3) is 0 Å². The molecule has 4 heteroatoms. The Morgan fingerprint density at radius 3 is 3.00 bits per heavy atom. The Morgan fingerprint density at radius 1 is 1.82 bits per heavy atom. The molecule has 11 heavy (non-hydrogen) atoms. The number of ketones is 1. The number of carbonyl (C=O) groups excluding carboxylic acids is 1. The minimum Gasteiger partial charge on any atom is -0.295 e. The van der Waals surface area contributed by atoms with Gasteiger partial charge in [0.2, 0.25) is 0 Å². The summed E-state index contributed by atoms with van der Waals surface area (Å²) in [5.74, 6) is 0.657. The standard InChI is InChI=1S/C7H8N2OS/c1-6(10)2-3-7-8-4-5-9(7)11/h2-5,11H,1H3. The Balaban J connectivity index is 2.79. The van der Waals surface area contributed by atoms with Crippen LogP contribution in [0, 0.1) is 0 Å². The summed E-state index contributed by atoms with van der Waals surface area (Å²) in [5, 5.41) is 0. The van der Waals surface area contributed by atoms with Crippen LogP contribution in [-0.4, -0.2) is 14.7 Å². The Kier molecular flexibility index (Phi) is 2.48. The maximum Gasteiger partial charge on any atom is 0.152 e. The molecule has 0 aliphatic carbocycles. The van der Waals surface area contributed by atoms with Crippen molar-refractivity contribution in [2.75, 3.05) is 0 Å². The summed E-state index contributed by atoms with van der Waals surface area (Å²) in [6, 6.07) is 0. The van der Waals surface area contributed by atoms with Gasteiger partial charge in [0.15, 0.2) is 5.78 Å². The van der Waals surface area contributed by atoms with Gasteiger partial charge in [0, 0.05) is 12.4 Å². The molecule has 0 saturated heterocycles. The lowest BCUT2D eigenvalue weighted by Crippen LogP contribution is -1.85. The highest BCUT2D eigenvalue weighted by Gasteiger charge is 1.92. The first-order chi connectivity index (χ1) is 5.20. The highest BCUT2D eigenvalue weighted by molar-refractivity contribution is 7.78. The number of carbonyl (C=O) groups is 1. The lowest BCUT2D eigenvalue weighted by Gasteiger charge is -1.89. The van der Waals surface area contributed by atoms with Gasteiger partial charge in [-0.05, 0) is 19.1 Å². The zero-order chi connectivity index (χ0) is 8.27. The molecule has 0 bridgehead atoms. The SMILES string of the molecule is CC(=O)C=Cc1nccn1S. The number of thiol groups is 1. The van der Waals surface area contributed by atoms with Gasteiger partial charge in [0.1, 0.15) is 5.82 Å². The second-order valence-electron chi connectivity index (χ2n) is 2.07. The first-order valence-corrected chi connectivity index (χ1v) is 3.51. The van der Waals surface area contributed by atoms with Crippen molar-refractivity contribution < 1.29 is 4.79 Å². The molecule has 0 unspecified atom stereocenters. The summed E-state index contributed by atoms with van der Waals surface area (Å²) >= 11 is 4.04. The zero-order valence-electron chi connectivity index (χ0n) is 6.06. The molecule has 0 atom stereocenters. The minimum absolute atomic E-state index is 0.00123. The minimum atomic E-state index is 0.00123. The van der Waals surface area contributed by atoms with E-state index in [0.29, 0.717) is 5.82 Å². The van der Waals surface area contributed by atoms with Crippen LogP contribution in [0.2, 0.25) is 0 Å². The van der Waals surface area contributed by atoms with Gasteiger partial charge in [0.05, 0.1) is 0 Å². The summed E-state index contributed by atoms with van der Waals surface area (Å²) in [4.78, 5) is 14.4. The molecule has 0 radical (unpaired) electrons. The molecule has 58 valence electrons. The van der Waals surface area contributed by atoms with Crippen molar-refractivity contribution in [1.82, 2.24) is 8.96 Å². The van der Waals surface area contributed by atoms with Crippen LogP contribution in [0.5, 0.6) is 0 Å². The normalized spacial score (nSPS) is 10.7. The summed E-state index contributed by atoms with van der Waals surface area (Å²) in [5.41, 5.74) is 0. The summed E-state index contributed by atoms with van der Waals surface area (Å²) in [6.07, 6.45) is 6.39. The van der Waals surface area contributed by atoms with E-state index in [1.807, 2.05) is 0 Å². The molecule has 1 aromatic heterocycles. The molecule has 3 nitrogen and oxygen atoms in total. The number of rotatable bonds is 2. The van der Waals surface area contributed by atoms with Gasteiger partial charge in [-0.3, -0.25) is 8.77 Å². The average Bonchev–Trinajstić information content (AvgIpc) is 2.31. The van der Waals surface area contributed by atoms with E-state index in [1.54, 1.807) is 22.4 Å². The van der Waals surface area contributed by atoms with E-state index in [0.717, 1.165) is 0 Å². The third-order valence-electron chi connectivity index (χ3n) is 1.12. The average molecular weight is 168 g/mol. The fourth-order valence-electron chi connectivity index (χ4n) is 0.620. The molecular formula is C7H8N2OS. The van der Waals surface area contributed by atoms with Crippen molar-refractivity contribution >= 4 is 24.7 Å². The van der Waals surface area contributed by atoms with Crippen LogP contribution in [0.15, 0.2) is 18.5 Å². The highest BCUT2D eigenvalue weighted by atomic mass is 32.1. The third-order valence-corrected chi connectivity index (χ3v) is 1.45. The smallest absolute Gasteiger partial charge is 0.152 e. The van der Waals surface area contributed by atoms with E-state index in [4.69, 9.17) is 0 Å². The molecule has 0 aromatic carbocycles. The lowest BCUT2D eigenvalue weighted by atomic mass is 10.4. The zero-order valence-corrected chi connectivity index (χ0v) is 6.95. The van der Waals surface area contributed by atoms with Crippen molar-refractivity contribution in [2.45, 2.75) is 6.92 Å². The molecule has 1 rings (SSSR count). The van der Waals surface area contributed by atoms with Crippen molar-refractivity contribution in [3.63, 3.8) is 0 Å². The van der Waals surface area contributed by atoms with E-state index in [9.17, 15) is 4.79 Å². The van der Waals surface area contributed by atoms with E-state index in [2.05, 4.69) is 17.8 Å². The fourth-order valence-corrected chi connectivity index (χ4v) is 0.798. The molecule has 0 aliphatic rings. The van der Waals surface area contributed by atoms with E-state index in [-0.39, 0.29) is 5.78 Å². The van der Waals surface area contributed by atoms with Crippen LogP contribution >= 0.6 is 12.8 Å². The third kappa shape index (κ3) is 2.23. The number of aromatic nitrogens is 2. The second-order valence-corrected chi connectivity index (χ2v) is 2.50. The highest BCUT2D eigenvalue weighted by Crippen LogP contribution is 2.00. The van der Waals surface area contributed by atoms with Gasteiger partial charge < -0.3 is 0 Å². The maximum atomic E-state index is 10.5. The van der Waals surface area contributed by atoms with Gasteiger partial charge in [-0.1, -0.05) is 12.8 Å². The number of allylic oxidation sites excluding steroid dienone is 1. The molecular weight excluding hydrogens is 160 g/mol. The number of hydrogen-bond donors (Lipinski definition) is 1. The largest absolute Gasteiger partial charge is 0.295 e. The monoisotopic (exact) mass is 168 g/mol.